The van der Waals surface area contributed by atoms with Gasteiger partial charge >= 0.3 is 0 Å². The van der Waals surface area contributed by atoms with Gasteiger partial charge in [0.05, 0.1) is 22.6 Å². The maximum absolute atomic E-state index is 13.3. The number of halogens is 1. The maximum Gasteiger partial charge on any atom is 0.254 e. The van der Waals surface area contributed by atoms with E-state index in [0.717, 1.165) is 12.8 Å². The van der Waals surface area contributed by atoms with Crippen LogP contribution < -0.4 is 9.47 Å². The Labute approximate surface area is 163 Å². The molecule has 0 unspecified atom stereocenters. The van der Waals surface area contributed by atoms with Crippen LogP contribution in [0, 0.1) is 0 Å². The normalized spacial score (nSPS) is 26.1. The van der Waals surface area contributed by atoms with Gasteiger partial charge in [0.25, 0.3) is 5.91 Å². The van der Waals surface area contributed by atoms with Gasteiger partial charge in [-0.1, -0.05) is 11.6 Å². The van der Waals surface area contributed by atoms with E-state index in [9.17, 15) is 13.2 Å². The molecule has 2 saturated heterocycles. The van der Waals surface area contributed by atoms with E-state index in [1.54, 1.807) is 17.0 Å². The highest BCUT2D eigenvalue weighted by Gasteiger charge is 2.37. The van der Waals surface area contributed by atoms with Crippen LogP contribution in [0.1, 0.15) is 29.6 Å². The molecule has 0 aliphatic carbocycles. The van der Waals surface area contributed by atoms with Crippen LogP contribution in [0.4, 0.5) is 0 Å². The Hall–Kier alpha value is -1.51. The van der Waals surface area contributed by atoms with Crippen LogP contribution in [0.5, 0.6) is 11.5 Å². The minimum Gasteiger partial charge on any atom is -0.486 e. The standard InChI is InChI=1S/C18H22ClNO6S/c19-15-8-12(9-16-17(15)26-6-5-25-16)18(21)20(10-14-2-1-4-24-14)13-3-7-27(22,23)11-13/h8-9,13-14H,1-7,10-11H2/t13-,14-/m1/s1. The highest BCUT2D eigenvalue weighted by Crippen LogP contribution is 2.39. The molecule has 3 heterocycles. The molecule has 9 heteroatoms. The Morgan fingerprint density at radius 1 is 1.19 bits per heavy atom. The monoisotopic (exact) mass is 415 g/mol. The number of carbonyl (C=O) groups excluding carboxylic acids is 1. The molecule has 0 spiro atoms. The number of nitrogens with zero attached hydrogens (tertiary/aromatic N) is 1. The van der Waals surface area contributed by atoms with E-state index in [2.05, 4.69) is 0 Å². The summed E-state index contributed by atoms with van der Waals surface area (Å²) < 4.78 is 40.7. The van der Waals surface area contributed by atoms with E-state index < -0.39 is 9.84 Å². The summed E-state index contributed by atoms with van der Waals surface area (Å²) in [7, 11) is -3.12. The maximum atomic E-state index is 13.3. The molecule has 2 fully saturated rings. The van der Waals surface area contributed by atoms with Crippen LogP contribution in [-0.4, -0.2) is 69.2 Å². The first-order chi connectivity index (χ1) is 12.9. The molecule has 3 aliphatic rings. The van der Waals surface area contributed by atoms with Gasteiger partial charge in [-0.2, -0.15) is 0 Å². The van der Waals surface area contributed by atoms with Crippen molar-refractivity contribution in [2.45, 2.75) is 31.4 Å². The van der Waals surface area contributed by atoms with Gasteiger partial charge in [0, 0.05) is 24.8 Å². The molecule has 1 amide bonds. The first kappa shape index (κ1) is 18.8. The second-order valence-corrected chi connectivity index (χ2v) is 9.77. The van der Waals surface area contributed by atoms with Gasteiger partial charge in [0.15, 0.2) is 21.3 Å². The molecule has 27 heavy (non-hydrogen) atoms. The van der Waals surface area contributed by atoms with E-state index in [0.29, 0.717) is 54.9 Å². The first-order valence-corrected chi connectivity index (χ1v) is 11.3. The minimum absolute atomic E-state index is 0.0102. The Kier molecular flexibility index (Phi) is 5.22. The van der Waals surface area contributed by atoms with Crippen molar-refractivity contribution in [3.05, 3.63) is 22.7 Å². The molecule has 1 aromatic carbocycles. The van der Waals surface area contributed by atoms with Crippen LogP contribution in [0.3, 0.4) is 0 Å². The molecule has 0 saturated carbocycles. The third kappa shape index (κ3) is 4.02. The van der Waals surface area contributed by atoms with Crippen LogP contribution >= 0.6 is 11.6 Å². The number of hydrogen-bond acceptors (Lipinski definition) is 6. The lowest BCUT2D eigenvalue weighted by atomic mass is 10.1. The van der Waals surface area contributed by atoms with Crippen LogP contribution in [-0.2, 0) is 14.6 Å². The van der Waals surface area contributed by atoms with E-state index in [1.165, 1.54) is 0 Å². The van der Waals surface area contributed by atoms with Gasteiger partial charge in [0.2, 0.25) is 0 Å². The van der Waals surface area contributed by atoms with Gasteiger partial charge in [-0.25, -0.2) is 8.42 Å². The highest BCUT2D eigenvalue weighted by atomic mass is 35.5. The average molecular weight is 416 g/mol. The third-order valence-electron chi connectivity index (χ3n) is 5.18. The summed E-state index contributed by atoms with van der Waals surface area (Å²) >= 11 is 6.28. The van der Waals surface area contributed by atoms with E-state index >= 15 is 0 Å². The molecular weight excluding hydrogens is 394 g/mol. The number of carbonyl (C=O) groups is 1. The molecule has 4 rings (SSSR count). The number of hydrogen-bond donors (Lipinski definition) is 0. The predicted molar refractivity (Wildman–Crippen MR) is 99.5 cm³/mol. The van der Waals surface area contributed by atoms with Crippen molar-refractivity contribution >= 4 is 27.3 Å². The zero-order chi connectivity index (χ0) is 19.0. The molecule has 0 N–H and O–H groups in total. The smallest absolute Gasteiger partial charge is 0.254 e. The summed E-state index contributed by atoms with van der Waals surface area (Å²) in [5.41, 5.74) is 0.367. The fraction of sp³-hybridized carbons (Fsp3) is 0.611. The first-order valence-electron chi connectivity index (χ1n) is 9.15. The number of rotatable bonds is 4. The molecular formula is C18H22ClNO6S. The fourth-order valence-corrected chi connectivity index (χ4v) is 5.82. The van der Waals surface area contributed by atoms with Crippen molar-refractivity contribution in [1.82, 2.24) is 4.90 Å². The summed E-state index contributed by atoms with van der Waals surface area (Å²) in [6.45, 7) is 1.85. The molecule has 1 aromatic rings. The van der Waals surface area contributed by atoms with Crippen LogP contribution in [0.25, 0.3) is 0 Å². The molecule has 0 bridgehead atoms. The lowest BCUT2D eigenvalue weighted by Gasteiger charge is -2.31. The van der Waals surface area contributed by atoms with Crippen molar-refractivity contribution in [3.8, 4) is 11.5 Å². The SMILES string of the molecule is O=C(c1cc(Cl)c2c(c1)OCCO2)N(C[C@H]1CCCO1)[C@@H]1CCS(=O)(=O)C1. The van der Waals surface area contributed by atoms with Crippen LogP contribution in [0.2, 0.25) is 5.02 Å². The van der Waals surface area contributed by atoms with E-state index in [-0.39, 0.29) is 29.6 Å². The average Bonchev–Trinajstić information content (AvgIpc) is 3.28. The largest absolute Gasteiger partial charge is 0.486 e. The quantitative estimate of drug-likeness (QED) is 0.747. The number of ether oxygens (including phenoxy) is 3. The Bertz CT molecular complexity index is 836. The molecule has 3 aliphatic heterocycles. The van der Waals surface area contributed by atoms with Crippen molar-refractivity contribution in [2.75, 3.05) is 37.9 Å². The lowest BCUT2D eigenvalue weighted by Crippen LogP contribution is -2.45. The van der Waals surface area contributed by atoms with Crippen molar-refractivity contribution in [2.24, 2.45) is 0 Å². The second kappa shape index (κ2) is 7.48. The van der Waals surface area contributed by atoms with Gasteiger partial charge in [-0.05, 0) is 31.4 Å². The Morgan fingerprint density at radius 3 is 2.70 bits per heavy atom. The summed E-state index contributed by atoms with van der Waals surface area (Å²) in [5, 5.41) is 0.312. The summed E-state index contributed by atoms with van der Waals surface area (Å²) in [4.78, 5) is 14.9. The zero-order valence-electron chi connectivity index (χ0n) is 14.9. The van der Waals surface area contributed by atoms with E-state index in [4.69, 9.17) is 25.8 Å². The zero-order valence-corrected chi connectivity index (χ0v) is 16.4. The highest BCUT2D eigenvalue weighted by molar-refractivity contribution is 7.91. The topological polar surface area (TPSA) is 82.1 Å². The number of fused-ring (bicyclic) bond motifs is 1. The van der Waals surface area contributed by atoms with Crippen molar-refractivity contribution in [1.29, 1.82) is 0 Å². The molecule has 0 radical (unpaired) electrons. The van der Waals surface area contributed by atoms with Gasteiger partial charge in [-0.3, -0.25) is 4.79 Å². The fourth-order valence-electron chi connectivity index (χ4n) is 3.83. The van der Waals surface area contributed by atoms with Gasteiger partial charge in [0.1, 0.15) is 13.2 Å². The number of benzene rings is 1. The lowest BCUT2D eigenvalue weighted by molar-refractivity contribution is 0.0441. The summed E-state index contributed by atoms with van der Waals surface area (Å²) in [6, 6.07) is 2.83. The third-order valence-corrected chi connectivity index (χ3v) is 7.21. The molecule has 148 valence electrons. The van der Waals surface area contributed by atoms with E-state index in [1.807, 2.05) is 0 Å². The molecule has 7 nitrogen and oxygen atoms in total. The second-order valence-electron chi connectivity index (χ2n) is 7.13. The predicted octanol–water partition coefficient (Wildman–Crippen LogP) is 1.92. The Morgan fingerprint density at radius 2 is 2.00 bits per heavy atom. The minimum atomic E-state index is -3.12. The van der Waals surface area contributed by atoms with Gasteiger partial charge < -0.3 is 19.1 Å². The van der Waals surface area contributed by atoms with Gasteiger partial charge in [-0.15, -0.1) is 0 Å². The summed E-state index contributed by atoms with van der Waals surface area (Å²) in [6.07, 6.45) is 2.19. The molecule has 0 aromatic heterocycles. The van der Waals surface area contributed by atoms with Crippen molar-refractivity contribution < 1.29 is 27.4 Å². The number of amides is 1. The van der Waals surface area contributed by atoms with Crippen LogP contribution in [0.15, 0.2) is 12.1 Å². The summed E-state index contributed by atoms with van der Waals surface area (Å²) in [5.74, 6) is 0.715. The Balaban J connectivity index is 1.62. The molecule has 2 atom stereocenters. The van der Waals surface area contributed by atoms with Crippen molar-refractivity contribution in [3.63, 3.8) is 0 Å². The number of sulfone groups is 1.